The topological polar surface area (TPSA) is 96.4 Å². The van der Waals surface area contributed by atoms with Gasteiger partial charge in [0.2, 0.25) is 11.8 Å². The van der Waals surface area contributed by atoms with Crippen LogP contribution in [0.5, 0.6) is 0 Å². The van der Waals surface area contributed by atoms with Gasteiger partial charge in [-0.05, 0) is 38.0 Å². The summed E-state index contributed by atoms with van der Waals surface area (Å²) in [5, 5.41) is 10.4. The lowest BCUT2D eigenvalue weighted by Crippen LogP contribution is -2.59. The minimum Gasteiger partial charge on any atom is -0.465 e. The lowest BCUT2D eigenvalue weighted by molar-refractivity contribution is -0.164. The molecule has 0 aliphatic carbocycles. The molecule has 6 atom stereocenters. The van der Waals surface area contributed by atoms with E-state index in [1.54, 1.807) is 22.0 Å². The molecule has 2 unspecified atom stereocenters. The summed E-state index contributed by atoms with van der Waals surface area (Å²) in [4.78, 5) is 45.4. The maximum Gasteiger partial charge on any atom is 0.312 e. The highest BCUT2D eigenvalue weighted by Crippen LogP contribution is 2.65. The summed E-state index contributed by atoms with van der Waals surface area (Å²) in [7, 11) is 0. The second kappa shape index (κ2) is 12.1. The van der Waals surface area contributed by atoms with Gasteiger partial charge in [-0.2, -0.15) is 0 Å². The van der Waals surface area contributed by atoms with Crippen LogP contribution in [-0.4, -0.2) is 82.3 Å². The van der Waals surface area contributed by atoms with E-state index < -0.39 is 41.1 Å². The number of nitrogens with zero attached hydrogens (tertiary/aromatic N) is 2. The number of hydrogen-bond acceptors (Lipinski definition) is 6. The van der Waals surface area contributed by atoms with E-state index in [1.165, 1.54) is 0 Å². The summed E-state index contributed by atoms with van der Waals surface area (Å²) in [6.45, 7) is 16.3. The van der Waals surface area contributed by atoms with Gasteiger partial charge in [-0.3, -0.25) is 14.4 Å². The predicted octanol–water partition coefficient (Wildman–Crippen LogP) is 3.48. The Balaban J connectivity index is 2.09. The summed E-state index contributed by atoms with van der Waals surface area (Å²) in [6, 6.07) is -1.48. The number of carbonyl (C=O) groups excluding carboxylic acids is 3. The smallest absolute Gasteiger partial charge is 0.312 e. The number of fused-ring (bicyclic) bond motifs is 1. The number of esters is 1. The van der Waals surface area contributed by atoms with Crippen molar-refractivity contribution in [3.8, 4) is 0 Å². The summed E-state index contributed by atoms with van der Waals surface area (Å²) in [6.07, 6.45) is 8.38. The molecule has 3 heterocycles. The maximum atomic E-state index is 14.3. The Morgan fingerprint density at radius 2 is 1.97 bits per heavy atom. The zero-order valence-electron chi connectivity index (χ0n) is 23.1. The molecule has 1 spiro atoms. The van der Waals surface area contributed by atoms with Crippen molar-refractivity contribution >= 4 is 17.8 Å². The average molecular weight is 519 g/mol. The molecule has 208 valence electrons. The fourth-order valence-corrected chi connectivity index (χ4v) is 6.78. The molecule has 0 aromatic rings. The molecule has 0 saturated carbocycles. The first kappa shape index (κ1) is 29.4. The van der Waals surface area contributed by atoms with Gasteiger partial charge < -0.3 is 24.4 Å². The van der Waals surface area contributed by atoms with Crippen molar-refractivity contribution < 1.29 is 29.0 Å². The molecule has 3 aliphatic heterocycles. The second-order valence-corrected chi connectivity index (χ2v) is 11.1. The monoisotopic (exact) mass is 518 g/mol. The number of amides is 2. The van der Waals surface area contributed by atoms with Gasteiger partial charge in [-0.15, -0.1) is 13.2 Å². The molecule has 3 fully saturated rings. The Labute approximate surface area is 222 Å². The van der Waals surface area contributed by atoms with Gasteiger partial charge in [0, 0.05) is 13.1 Å². The molecule has 0 aromatic heterocycles. The van der Waals surface area contributed by atoms with Crippen molar-refractivity contribution in [2.75, 3.05) is 26.3 Å². The maximum absolute atomic E-state index is 14.3. The Kier molecular flexibility index (Phi) is 9.62. The van der Waals surface area contributed by atoms with Crippen LogP contribution in [0.2, 0.25) is 0 Å². The van der Waals surface area contributed by atoms with Gasteiger partial charge in [0.1, 0.15) is 17.6 Å². The van der Waals surface area contributed by atoms with E-state index in [0.717, 1.165) is 19.3 Å². The van der Waals surface area contributed by atoms with Crippen LogP contribution in [0.1, 0.15) is 72.6 Å². The van der Waals surface area contributed by atoms with Crippen LogP contribution in [0.25, 0.3) is 0 Å². The highest BCUT2D eigenvalue weighted by Gasteiger charge is 2.79. The van der Waals surface area contributed by atoms with Crippen molar-refractivity contribution in [1.82, 2.24) is 9.80 Å². The van der Waals surface area contributed by atoms with Crippen LogP contribution in [0.4, 0.5) is 0 Å². The van der Waals surface area contributed by atoms with Gasteiger partial charge in [-0.25, -0.2) is 0 Å². The molecule has 8 heteroatoms. The summed E-state index contributed by atoms with van der Waals surface area (Å²) < 4.78 is 12.4. The number of carbonyl (C=O) groups is 3. The number of unbranched alkanes of at least 4 members (excludes halogenated alkanes) is 2. The predicted molar refractivity (Wildman–Crippen MR) is 141 cm³/mol. The molecule has 1 N–H and O–H groups in total. The third kappa shape index (κ3) is 4.99. The SMILES string of the molecule is C=CCCOC(=O)[C@H]1[C@H]2C(=O)N([C@@H](CO)C(C)C)C(C(=O)N(CC=C)CCCCC)C23CC[C@]1(CC)O3. The van der Waals surface area contributed by atoms with Gasteiger partial charge in [0.15, 0.2) is 0 Å². The van der Waals surface area contributed by atoms with Crippen molar-refractivity contribution in [2.45, 2.75) is 95.9 Å². The van der Waals surface area contributed by atoms with Crippen LogP contribution < -0.4 is 0 Å². The van der Waals surface area contributed by atoms with E-state index in [-0.39, 0.29) is 30.9 Å². The van der Waals surface area contributed by atoms with Gasteiger partial charge >= 0.3 is 5.97 Å². The van der Waals surface area contributed by atoms with E-state index >= 15 is 0 Å². The van der Waals surface area contributed by atoms with Crippen molar-refractivity contribution in [1.29, 1.82) is 0 Å². The van der Waals surface area contributed by atoms with Crippen molar-refractivity contribution in [3.63, 3.8) is 0 Å². The second-order valence-electron chi connectivity index (χ2n) is 11.1. The van der Waals surface area contributed by atoms with E-state index in [9.17, 15) is 19.5 Å². The van der Waals surface area contributed by atoms with Crippen LogP contribution in [-0.2, 0) is 23.9 Å². The first-order chi connectivity index (χ1) is 17.7. The standard InChI is InChI=1S/C29H46N2O6/c1-7-11-13-17-30(16-9-3)26(34)24-29-15-14-28(10-4,37-29)23(27(35)36-18-12-8-2)22(29)25(33)31(24)21(19-32)20(5)6/h8-9,20-24,32H,2-3,7,10-19H2,1,4-6H3/t21-,22-,23+,24?,28-,29?/m0/s1. The lowest BCUT2D eigenvalue weighted by atomic mass is 9.65. The van der Waals surface area contributed by atoms with E-state index in [0.29, 0.717) is 38.8 Å². The fourth-order valence-electron chi connectivity index (χ4n) is 6.78. The summed E-state index contributed by atoms with van der Waals surface area (Å²) in [5.74, 6) is -2.64. The average Bonchev–Trinajstić information content (AvgIpc) is 3.48. The first-order valence-electron chi connectivity index (χ1n) is 14.0. The fraction of sp³-hybridized carbons (Fsp3) is 0.759. The Hall–Kier alpha value is -2.19. The molecule has 0 aromatic carbocycles. The van der Waals surface area contributed by atoms with Gasteiger partial charge in [-0.1, -0.05) is 52.7 Å². The van der Waals surface area contributed by atoms with E-state index in [1.807, 2.05) is 20.8 Å². The van der Waals surface area contributed by atoms with E-state index in [2.05, 4.69) is 20.1 Å². The van der Waals surface area contributed by atoms with Crippen LogP contribution >= 0.6 is 0 Å². The molecule has 3 saturated heterocycles. The van der Waals surface area contributed by atoms with Crippen LogP contribution in [0, 0.1) is 17.8 Å². The number of likely N-dealkylation sites (tertiary alicyclic amines) is 1. The Morgan fingerprint density at radius 3 is 2.54 bits per heavy atom. The number of aliphatic hydroxyl groups is 1. The normalized spacial score (nSPS) is 30.9. The Morgan fingerprint density at radius 1 is 1.24 bits per heavy atom. The zero-order chi connectivity index (χ0) is 27.4. The molecule has 3 aliphatic rings. The zero-order valence-corrected chi connectivity index (χ0v) is 23.1. The molecular weight excluding hydrogens is 472 g/mol. The number of rotatable bonds is 15. The van der Waals surface area contributed by atoms with Gasteiger partial charge in [0.25, 0.3) is 0 Å². The third-order valence-corrected chi connectivity index (χ3v) is 8.68. The molecule has 2 amide bonds. The van der Waals surface area contributed by atoms with Gasteiger partial charge in [0.05, 0.1) is 30.8 Å². The molecule has 3 rings (SSSR count). The first-order valence-corrected chi connectivity index (χ1v) is 14.0. The highest BCUT2D eigenvalue weighted by molar-refractivity contribution is 5.98. The summed E-state index contributed by atoms with van der Waals surface area (Å²) in [5.41, 5.74) is -1.97. The number of aliphatic hydroxyl groups excluding tert-OH is 1. The third-order valence-electron chi connectivity index (χ3n) is 8.68. The number of ether oxygens (including phenoxy) is 2. The molecule has 2 bridgehead atoms. The van der Waals surface area contributed by atoms with Crippen molar-refractivity contribution in [3.05, 3.63) is 25.3 Å². The Bertz CT molecular complexity index is 874. The van der Waals surface area contributed by atoms with Crippen molar-refractivity contribution in [2.24, 2.45) is 17.8 Å². The molecule has 0 radical (unpaired) electrons. The van der Waals surface area contributed by atoms with E-state index in [4.69, 9.17) is 9.47 Å². The van der Waals surface area contributed by atoms with Crippen LogP contribution in [0.15, 0.2) is 25.3 Å². The lowest BCUT2D eigenvalue weighted by Gasteiger charge is -2.40. The molecule has 37 heavy (non-hydrogen) atoms. The largest absolute Gasteiger partial charge is 0.465 e. The minimum absolute atomic E-state index is 0.0947. The summed E-state index contributed by atoms with van der Waals surface area (Å²) >= 11 is 0. The quantitative estimate of drug-likeness (QED) is 0.203. The molecular formula is C29H46N2O6. The van der Waals surface area contributed by atoms with Crippen LogP contribution in [0.3, 0.4) is 0 Å². The number of hydrogen-bond donors (Lipinski definition) is 1. The molecule has 8 nitrogen and oxygen atoms in total. The minimum atomic E-state index is -1.13. The highest BCUT2D eigenvalue weighted by atomic mass is 16.6.